The Morgan fingerprint density at radius 1 is 0.906 bits per heavy atom. The van der Waals surface area contributed by atoms with E-state index in [0.29, 0.717) is 23.9 Å². The predicted octanol–water partition coefficient (Wildman–Crippen LogP) is 4.06. The molecule has 32 heavy (non-hydrogen) atoms. The highest BCUT2D eigenvalue weighted by Crippen LogP contribution is 2.32. The van der Waals surface area contributed by atoms with Crippen molar-refractivity contribution in [3.63, 3.8) is 0 Å². The van der Waals surface area contributed by atoms with Gasteiger partial charge in [0.1, 0.15) is 12.4 Å². The fourth-order valence-electron chi connectivity index (χ4n) is 3.69. The van der Waals surface area contributed by atoms with Crippen LogP contribution in [0.15, 0.2) is 83.7 Å². The Kier molecular flexibility index (Phi) is 6.03. The molecule has 0 saturated heterocycles. The molecule has 4 rings (SSSR count). The molecule has 0 aliphatic heterocycles. The van der Waals surface area contributed by atoms with Crippen LogP contribution in [0.2, 0.25) is 0 Å². The Morgan fingerprint density at radius 2 is 1.53 bits per heavy atom. The minimum atomic E-state index is -0.360. The monoisotopic (exact) mass is 427 g/mol. The lowest BCUT2D eigenvalue weighted by atomic mass is 9.78. The Bertz CT molecular complexity index is 1280. The van der Waals surface area contributed by atoms with Crippen molar-refractivity contribution in [2.24, 2.45) is 0 Å². The maximum atomic E-state index is 12.5. The molecule has 0 unspecified atom stereocenters. The summed E-state index contributed by atoms with van der Waals surface area (Å²) >= 11 is 0. The first-order valence-electron chi connectivity index (χ1n) is 10.5. The predicted molar refractivity (Wildman–Crippen MR) is 125 cm³/mol. The number of amides is 1. The highest BCUT2D eigenvalue weighted by molar-refractivity contribution is 6.04. The molecule has 6 nitrogen and oxygen atoms in total. The summed E-state index contributed by atoms with van der Waals surface area (Å²) in [4.78, 5) is 24.4. The minimum Gasteiger partial charge on any atom is -0.492 e. The van der Waals surface area contributed by atoms with Crippen molar-refractivity contribution in [1.82, 2.24) is 15.5 Å². The lowest BCUT2D eigenvalue weighted by molar-refractivity contribution is 0.0943. The highest BCUT2D eigenvalue weighted by Gasteiger charge is 2.22. The summed E-state index contributed by atoms with van der Waals surface area (Å²) in [6, 6.07) is 25.3. The number of carbonyl (C=O) groups is 1. The van der Waals surface area contributed by atoms with E-state index < -0.39 is 0 Å². The maximum Gasteiger partial charge on any atom is 0.272 e. The number of nitrogens with zero attached hydrogens (tertiary/aromatic N) is 1. The van der Waals surface area contributed by atoms with Gasteiger partial charge in [-0.3, -0.25) is 9.59 Å². The molecule has 3 aromatic carbocycles. The molecule has 2 N–H and O–H groups in total. The summed E-state index contributed by atoms with van der Waals surface area (Å²) in [5.41, 5.74) is 2.20. The van der Waals surface area contributed by atoms with Crippen LogP contribution < -0.4 is 15.6 Å². The molecule has 1 heterocycles. The van der Waals surface area contributed by atoms with E-state index in [1.54, 1.807) is 24.3 Å². The lowest BCUT2D eigenvalue weighted by Crippen LogP contribution is -2.30. The fraction of sp³-hybridized carbons (Fsp3) is 0.192. The first-order chi connectivity index (χ1) is 15.5. The quantitative estimate of drug-likeness (QED) is 0.436. The van der Waals surface area contributed by atoms with Crippen LogP contribution in [0.3, 0.4) is 0 Å². The van der Waals surface area contributed by atoms with E-state index in [-0.39, 0.29) is 22.6 Å². The largest absolute Gasteiger partial charge is 0.492 e. The fourth-order valence-corrected chi connectivity index (χ4v) is 3.69. The Balaban J connectivity index is 1.34. The van der Waals surface area contributed by atoms with Crippen LogP contribution in [0.4, 0.5) is 0 Å². The van der Waals surface area contributed by atoms with Gasteiger partial charge in [-0.15, -0.1) is 0 Å². The molecule has 1 aromatic heterocycles. The number of ether oxygens (including phenoxy) is 1. The van der Waals surface area contributed by atoms with Crippen molar-refractivity contribution in [2.75, 3.05) is 13.2 Å². The molecule has 0 fully saturated rings. The van der Waals surface area contributed by atoms with Gasteiger partial charge in [-0.1, -0.05) is 74.5 Å². The number of H-pyrrole nitrogens is 1. The van der Waals surface area contributed by atoms with E-state index in [2.05, 4.69) is 53.6 Å². The van der Waals surface area contributed by atoms with Gasteiger partial charge in [0.2, 0.25) is 0 Å². The number of nitrogens with one attached hydrogen (secondary N) is 2. The van der Waals surface area contributed by atoms with E-state index in [0.717, 1.165) is 5.75 Å². The van der Waals surface area contributed by atoms with Crippen LogP contribution in [0, 0.1) is 0 Å². The van der Waals surface area contributed by atoms with E-state index >= 15 is 0 Å². The zero-order valence-corrected chi connectivity index (χ0v) is 18.1. The van der Waals surface area contributed by atoms with Gasteiger partial charge in [0.25, 0.3) is 11.5 Å². The first kappa shape index (κ1) is 21.3. The minimum absolute atomic E-state index is 0.111. The first-order valence-corrected chi connectivity index (χ1v) is 10.5. The number of carbonyl (C=O) groups excluding carboxylic acids is 1. The zero-order valence-electron chi connectivity index (χ0n) is 18.1. The zero-order chi connectivity index (χ0) is 22.6. The van der Waals surface area contributed by atoms with Crippen molar-refractivity contribution in [2.45, 2.75) is 19.3 Å². The second-order valence-electron chi connectivity index (χ2n) is 8.07. The van der Waals surface area contributed by atoms with Gasteiger partial charge in [0, 0.05) is 10.8 Å². The summed E-state index contributed by atoms with van der Waals surface area (Å²) < 4.78 is 5.78. The molecular weight excluding hydrogens is 402 g/mol. The van der Waals surface area contributed by atoms with Gasteiger partial charge < -0.3 is 10.1 Å². The van der Waals surface area contributed by atoms with Gasteiger partial charge in [0.15, 0.2) is 5.69 Å². The number of hydrogen-bond acceptors (Lipinski definition) is 4. The van der Waals surface area contributed by atoms with Gasteiger partial charge in [0.05, 0.1) is 11.9 Å². The molecule has 0 aliphatic rings. The number of hydrogen-bond donors (Lipinski definition) is 2. The Labute approximate surface area is 186 Å². The van der Waals surface area contributed by atoms with E-state index in [4.69, 9.17) is 4.74 Å². The van der Waals surface area contributed by atoms with Gasteiger partial charge in [-0.05, 0) is 29.3 Å². The van der Waals surface area contributed by atoms with Crippen molar-refractivity contribution in [3.05, 3.63) is 106 Å². The number of aromatic nitrogens is 2. The average Bonchev–Trinajstić information content (AvgIpc) is 2.83. The van der Waals surface area contributed by atoms with E-state index in [1.807, 2.05) is 30.3 Å². The van der Waals surface area contributed by atoms with Crippen molar-refractivity contribution in [1.29, 1.82) is 0 Å². The number of benzene rings is 3. The number of fused-ring (bicyclic) bond motifs is 1. The van der Waals surface area contributed by atoms with Crippen LogP contribution in [-0.2, 0) is 5.41 Å². The lowest BCUT2D eigenvalue weighted by Gasteiger charge is -2.26. The second kappa shape index (κ2) is 9.06. The SMILES string of the molecule is CC(C)(c1ccccc1)c1ccc(OCCNC(=O)c2n[nH]c(=O)c3ccccc23)cc1. The van der Waals surface area contributed by atoms with Gasteiger partial charge in [-0.25, -0.2) is 5.10 Å². The van der Waals surface area contributed by atoms with Crippen molar-refractivity contribution >= 4 is 16.7 Å². The molecule has 0 radical (unpaired) electrons. The molecule has 4 aromatic rings. The topological polar surface area (TPSA) is 84.1 Å². The molecule has 0 bridgehead atoms. The number of aromatic amines is 1. The van der Waals surface area contributed by atoms with E-state index in [9.17, 15) is 9.59 Å². The second-order valence-corrected chi connectivity index (χ2v) is 8.07. The normalized spacial score (nSPS) is 11.3. The maximum absolute atomic E-state index is 12.5. The number of rotatable bonds is 7. The smallest absolute Gasteiger partial charge is 0.272 e. The summed E-state index contributed by atoms with van der Waals surface area (Å²) in [5.74, 6) is 0.375. The van der Waals surface area contributed by atoms with Crippen molar-refractivity contribution < 1.29 is 9.53 Å². The summed E-state index contributed by atoms with van der Waals surface area (Å²) in [6.45, 7) is 5.02. The third-order valence-corrected chi connectivity index (χ3v) is 5.64. The van der Waals surface area contributed by atoms with E-state index in [1.165, 1.54) is 11.1 Å². The molecule has 162 valence electrons. The Morgan fingerprint density at radius 3 is 2.25 bits per heavy atom. The molecule has 0 atom stereocenters. The van der Waals surface area contributed by atoms with Crippen LogP contribution in [0.5, 0.6) is 5.75 Å². The summed E-state index contributed by atoms with van der Waals surface area (Å²) in [7, 11) is 0. The summed E-state index contributed by atoms with van der Waals surface area (Å²) in [6.07, 6.45) is 0. The third kappa shape index (κ3) is 4.39. The average molecular weight is 428 g/mol. The van der Waals surface area contributed by atoms with Crippen molar-refractivity contribution in [3.8, 4) is 5.75 Å². The van der Waals surface area contributed by atoms with Crippen LogP contribution >= 0.6 is 0 Å². The summed E-state index contributed by atoms with van der Waals surface area (Å²) in [5, 5.41) is 10.0. The standard InChI is InChI=1S/C26H25N3O3/c1-26(2,18-8-4-3-5-9-18)19-12-14-20(15-13-19)32-17-16-27-25(31)23-21-10-6-7-11-22(21)24(30)29-28-23/h3-15H,16-17H2,1-2H3,(H,27,31)(H,29,30). The van der Waals surface area contributed by atoms with Gasteiger partial charge >= 0.3 is 0 Å². The third-order valence-electron chi connectivity index (χ3n) is 5.64. The van der Waals surface area contributed by atoms with Gasteiger partial charge in [-0.2, -0.15) is 5.10 Å². The molecule has 0 saturated carbocycles. The molecule has 0 aliphatic carbocycles. The molecule has 1 amide bonds. The molecular formula is C26H25N3O3. The highest BCUT2D eigenvalue weighted by atomic mass is 16.5. The Hall–Kier alpha value is -3.93. The molecule has 6 heteroatoms. The molecule has 0 spiro atoms. The van der Waals surface area contributed by atoms with Crippen LogP contribution in [0.1, 0.15) is 35.5 Å². The van der Waals surface area contributed by atoms with Crippen LogP contribution in [-0.4, -0.2) is 29.3 Å². The van der Waals surface area contributed by atoms with Crippen LogP contribution in [0.25, 0.3) is 10.8 Å².